The predicted molar refractivity (Wildman–Crippen MR) is 151 cm³/mol. The van der Waals surface area contributed by atoms with E-state index in [1.54, 1.807) is 0 Å². The van der Waals surface area contributed by atoms with E-state index in [9.17, 15) is 0 Å². The van der Waals surface area contributed by atoms with E-state index >= 15 is 0 Å². The third-order valence-electron chi connectivity index (χ3n) is 8.25. The standard InChI is InChI=1S/C32H32N6O3/c1-33(2)25-11-13-29-23(17-25)19-35-21-27-9-5-7-15-37(27)31(35,39-29)41-32-36(22-28-10-6-8-16-38(28)32)20-24-18-26(34(3)4)12-14-30(24)40-32/h5-20H,21-22H2,1-4H3/q+4. The lowest BCUT2D eigenvalue weighted by atomic mass is 10.1. The first-order chi connectivity index (χ1) is 19.9. The fourth-order valence-corrected chi connectivity index (χ4v) is 6.13. The maximum absolute atomic E-state index is 7.33. The van der Waals surface area contributed by atoms with Crippen LogP contribution in [0.4, 0.5) is 11.4 Å². The minimum Gasteiger partial charge on any atom is -0.378 e. The summed E-state index contributed by atoms with van der Waals surface area (Å²) in [5.74, 6) is 1.48. The summed E-state index contributed by atoms with van der Waals surface area (Å²) >= 11 is 0. The van der Waals surface area contributed by atoms with E-state index in [4.69, 9.17) is 14.2 Å². The van der Waals surface area contributed by atoms with Gasteiger partial charge in [-0.15, -0.1) is 0 Å². The van der Waals surface area contributed by atoms with Gasteiger partial charge in [-0.3, -0.25) is 0 Å². The lowest BCUT2D eigenvalue weighted by Gasteiger charge is -2.28. The smallest absolute Gasteiger partial charge is 0.378 e. The molecule has 6 heterocycles. The van der Waals surface area contributed by atoms with Crippen LogP contribution < -0.4 is 28.4 Å². The number of anilines is 2. The van der Waals surface area contributed by atoms with Gasteiger partial charge in [-0.1, -0.05) is 18.3 Å². The van der Waals surface area contributed by atoms with Crippen LogP contribution in [0.2, 0.25) is 0 Å². The second-order valence-corrected chi connectivity index (χ2v) is 11.3. The Morgan fingerprint density at radius 1 is 0.634 bits per heavy atom. The highest BCUT2D eigenvalue weighted by atomic mass is 16.8. The molecule has 2 aromatic carbocycles. The highest BCUT2D eigenvalue weighted by Gasteiger charge is 2.80. The van der Waals surface area contributed by atoms with E-state index in [-0.39, 0.29) is 0 Å². The van der Waals surface area contributed by atoms with E-state index in [1.165, 1.54) is 0 Å². The normalized spacial score (nSPS) is 22.4. The second-order valence-electron chi connectivity index (χ2n) is 11.3. The first kappa shape index (κ1) is 24.1. The minimum atomic E-state index is -1.33. The van der Waals surface area contributed by atoms with Crippen molar-refractivity contribution in [3.05, 3.63) is 108 Å². The monoisotopic (exact) mass is 548 g/mol. The molecule has 0 N–H and O–H groups in total. The molecule has 41 heavy (non-hydrogen) atoms. The molecule has 2 unspecified atom stereocenters. The number of rotatable bonds is 4. The number of hydrogen-bond acceptors (Lipinski definition) is 5. The average Bonchev–Trinajstić information content (AvgIpc) is 3.45. The minimum absolute atomic E-state index is 0.612. The number of fused-ring (bicyclic) bond motifs is 8. The molecule has 0 bridgehead atoms. The lowest BCUT2D eigenvalue weighted by molar-refractivity contribution is -1.07. The summed E-state index contributed by atoms with van der Waals surface area (Å²) in [6, 6.07) is 22.1. The summed E-state index contributed by atoms with van der Waals surface area (Å²) < 4.78 is 29.6. The summed E-state index contributed by atoms with van der Waals surface area (Å²) in [5.41, 5.74) is 6.33. The van der Waals surface area contributed by atoms with Crippen LogP contribution in [0, 0.1) is 0 Å². The number of pyridine rings is 2. The van der Waals surface area contributed by atoms with Gasteiger partial charge in [0.25, 0.3) is 11.4 Å². The molecule has 0 fully saturated rings. The van der Waals surface area contributed by atoms with Gasteiger partial charge in [0.05, 0.1) is 11.1 Å². The molecule has 0 saturated heterocycles. The molecular formula is C32H32N6O3+4. The Labute approximate surface area is 238 Å². The van der Waals surface area contributed by atoms with Gasteiger partial charge in [0.15, 0.2) is 36.3 Å². The number of ether oxygens (including phenoxy) is 3. The molecule has 4 aliphatic rings. The van der Waals surface area contributed by atoms with Gasteiger partial charge in [-0.2, -0.15) is 0 Å². The zero-order chi connectivity index (χ0) is 27.9. The van der Waals surface area contributed by atoms with Crippen molar-refractivity contribution in [2.24, 2.45) is 0 Å². The topological polar surface area (TPSA) is 48.0 Å². The summed E-state index contributed by atoms with van der Waals surface area (Å²) in [7, 11) is 8.16. The average molecular weight is 549 g/mol. The second kappa shape index (κ2) is 8.37. The molecule has 2 atom stereocenters. The van der Waals surface area contributed by atoms with E-state index in [1.807, 2.05) is 77.0 Å². The molecule has 0 aliphatic carbocycles. The van der Waals surface area contributed by atoms with Crippen LogP contribution in [-0.2, 0) is 29.9 Å². The molecule has 204 valence electrons. The molecule has 0 amide bonds. The Balaban J connectivity index is 1.32. The van der Waals surface area contributed by atoms with Crippen molar-refractivity contribution in [1.29, 1.82) is 0 Å². The largest absolute Gasteiger partial charge is 0.676 e. The quantitative estimate of drug-likeness (QED) is 0.367. The van der Waals surface area contributed by atoms with Crippen molar-refractivity contribution < 1.29 is 32.5 Å². The predicted octanol–water partition coefficient (Wildman–Crippen LogP) is 2.32. The summed E-state index contributed by atoms with van der Waals surface area (Å²) in [4.78, 5) is 4.18. The lowest BCUT2D eigenvalue weighted by Crippen LogP contribution is -2.75. The zero-order valence-electron chi connectivity index (χ0n) is 23.6. The van der Waals surface area contributed by atoms with Gasteiger partial charge in [-0.05, 0) is 53.3 Å². The molecule has 0 saturated carbocycles. The van der Waals surface area contributed by atoms with Gasteiger partial charge in [-0.25, -0.2) is 0 Å². The Kier molecular flexibility index (Phi) is 4.92. The number of nitrogens with zero attached hydrogens (tertiary/aromatic N) is 6. The number of hydrogen-bond donors (Lipinski definition) is 0. The van der Waals surface area contributed by atoms with Crippen molar-refractivity contribution >= 4 is 23.8 Å². The Hall–Kier alpha value is -4.76. The van der Waals surface area contributed by atoms with E-state index in [0.29, 0.717) is 13.1 Å². The molecule has 9 heteroatoms. The molecule has 2 aromatic heterocycles. The van der Waals surface area contributed by atoms with Gasteiger partial charge in [0.2, 0.25) is 13.1 Å². The fraction of sp³-hybridized carbons (Fsp3) is 0.250. The van der Waals surface area contributed by atoms with Crippen LogP contribution in [0.3, 0.4) is 0 Å². The van der Waals surface area contributed by atoms with Crippen molar-refractivity contribution in [2.45, 2.75) is 25.2 Å². The molecule has 4 aliphatic heterocycles. The Morgan fingerprint density at radius 2 is 1.10 bits per heavy atom. The van der Waals surface area contributed by atoms with Crippen LogP contribution in [0.5, 0.6) is 11.5 Å². The van der Waals surface area contributed by atoms with Gasteiger partial charge >= 0.3 is 12.1 Å². The summed E-state index contributed by atoms with van der Waals surface area (Å²) in [5, 5.41) is 0. The molecule has 0 radical (unpaired) electrons. The number of benzene rings is 2. The van der Waals surface area contributed by atoms with E-state index in [0.717, 1.165) is 45.4 Å². The van der Waals surface area contributed by atoms with E-state index in [2.05, 4.69) is 76.9 Å². The van der Waals surface area contributed by atoms with E-state index < -0.39 is 12.1 Å². The molecule has 8 rings (SSSR count). The highest BCUT2D eigenvalue weighted by molar-refractivity contribution is 5.83. The van der Waals surface area contributed by atoms with Gasteiger partial charge < -0.3 is 19.3 Å². The molecule has 4 aromatic rings. The van der Waals surface area contributed by atoms with Crippen molar-refractivity contribution in [3.63, 3.8) is 0 Å². The third kappa shape index (κ3) is 3.39. The van der Waals surface area contributed by atoms with Crippen LogP contribution in [0.1, 0.15) is 22.5 Å². The number of aromatic nitrogens is 2. The SMILES string of the molecule is CN(C)c1ccc2c(c1)C=[N+]1Cc3cccc[n+]3C1(OC13Oc4ccc(N(C)C)cc4C=[N+]1Cc1cccc[n+]13)O2. The van der Waals surface area contributed by atoms with Crippen LogP contribution in [0.15, 0.2) is 85.2 Å². The first-order valence-corrected chi connectivity index (χ1v) is 13.8. The van der Waals surface area contributed by atoms with Crippen molar-refractivity contribution in [2.75, 3.05) is 38.0 Å². The van der Waals surface area contributed by atoms with Crippen molar-refractivity contribution in [1.82, 2.24) is 0 Å². The maximum Gasteiger partial charge on any atom is 0.676 e. The molecular weight excluding hydrogens is 516 g/mol. The first-order valence-electron chi connectivity index (χ1n) is 13.8. The maximum atomic E-state index is 7.33. The Morgan fingerprint density at radius 3 is 1.54 bits per heavy atom. The van der Waals surface area contributed by atoms with Crippen LogP contribution in [0.25, 0.3) is 0 Å². The summed E-state index contributed by atoms with van der Waals surface area (Å²) in [6.45, 7) is 1.22. The van der Waals surface area contributed by atoms with Gasteiger partial charge in [0.1, 0.15) is 0 Å². The fourth-order valence-electron chi connectivity index (χ4n) is 6.13. The molecule has 9 nitrogen and oxygen atoms in total. The third-order valence-corrected chi connectivity index (χ3v) is 8.25. The van der Waals surface area contributed by atoms with Crippen LogP contribution in [-0.4, -0.2) is 49.8 Å². The zero-order valence-corrected chi connectivity index (χ0v) is 23.6. The van der Waals surface area contributed by atoms with Gasteiger partial charge in [0, 0.05) is 63.8 Å². The Bertz CT molecular complexity index is 1680. The van der Waals surface area contributed by atoms with Crippen LogP contribution >= 0.6 is 0 Å². The highest BCUT2D eigenvalue weighted by Crippen LogP contribution is 2.41. The molecule has 0 spiro atoms. The summed E-state index contributed by atoms with van der Waals surface area (Å²) in [6.07, 6.45) is 8.29. The van der Waals surface area contributed by atoms with Crippen molar-refractivity contribution in [3.8, 4) is 11.5 Å².